The first-order valence-corrected chi connectivity index (χ1v) is 6.12. The van der Waals surface area contributed by atoms with Gasteiger partial charge in [-0.05, 0) is 26.0 Å². The summed E-state index contributed by atoms with van der Waals surface area (Å²) < 4.78 is 5.61. The lowest BCUT2D eigenvalue weighted by Crippen LogP contribution is -2.17. The Bertz CT molecular complexity index is 397. The molecule has 3 heteroatoms. The van der Waals surface area contributed by atoms with Gasteiger partial charge in [0.2, 0.25) is 5.90 Å². The average molecular weight is 234 g/mol. The Morgan fingerprint density at radius 1 is 1.24 bits per heavy atom. The molecule has 1 N–H and O–H groups in total. The fourth-order valence-electron chi connectivity index (χ4n) is 1.61. The second-order valence-corrected chi connectivity index (χ2v) is 4.31. The molecule has 0 radical (unpaired) electrons. The van der Waals surface area contributed by atoms with Gasteiger partial charge in [0.15, 0.2) is 0 Å². The standard InChI is InChI=1S/C12H16N2O.C2H6/c1-12(2)8-15-11(14-12)9-6-4-5-7-10(9)13-3;1-2/h4-7,13H,8H2,1-3H3;1-2H3. The Balaban J connectivity index is 0.000000686. The molecule has 1 aliphatic heterocycles. The molecule has 0 saturated carbocycles. The van der Waals surface area contributed by atoms with E-state index in [1.165, 1.54) is 0 Å². The summed E-state index contributed by atoms with van der Waals surface area (Å²) in [6.45, 7) is 8.80. The van der Waals surface area contributed by atoms with Crippen LogP contribution in [0.3, 0.4) is 0 Å². The second kappa shape index (κ2) is 5.71. The summed E-state index contributed by atoms with van der Waals surface area (Å²) in [5.74, 6) is 0.741. The molecule has 2 rings (SSSR count). The van der Waals surface area contributed by atoms with Crippen LogP contribution in [-0.2, 0) is 4.74 Å². The fourth-order valence-corrected chi connectivity index (χ4v) is 1.61. The summed E-state index contributed by atoms with van der Waals surface area (Å²) in [5, 5.41) is 3.14. The lowest BCUT2D eigenvalue weighted by atomic mass is 10.1. The quantitative estimate of drug-likeness (QED) is 0.851. The largest absolute Gasteiger partial charge is 0.475 e. The first kappa shape index (κ1) is 13.6. The molecule has 0 atom stereocenters. The topological polar surface area (TPSA) is 33.6 Å². The van der Waals surface area contributed by atoms with Gasteiger partial charge < -0.3 is 10.1 Å². The summed E-state index contributed by atoms with van der Waals surface area (Å²) in [6, 6.07) is 8.03. The Labute approximate surface area is 104 Å². The summed E-state index contributed by atoms with van der Waals surface area (Å²) in [6.07, 6.45) is 0. The van der Waals surface area contributed by atoms with Gasteiger partial charge in [0.25, 0.3) is 0 Å². The van der Waals surface area contributed by atoms with E-state index >= 15 is 0 Å². The monoisotopic (exact) mass is 234 g/mol. The van der Waals surface area contributed by atoms with Crippen molar-refractivity contribution in [3.63, 3.8) is 0 Å². The molecule has 94 valence electrons. The normalized spacial score (nSPS) is 16.4. The van der Waals surface area contributed by atoms with Crippen LogP contribution in [0.4, 0.5) is 5.69 Å². The van der Waals surface area contributed by atoms with Crippen LogP contribution in [-0.4, -0.2) is 25.1 Å². The van der Waals surface area contributed by atoms with E-state index < -0.39 is 0 Å². The number of benzene rings is 1. The molecule has 0 amide bonds. The zero-order valence-electron chi connectivity index (χ0n) is 11.4. The summed E-state index contributed by atoms with van der Waals surface area (Å²) >= 11 is 0. The van der Waals surface area contributed by atoms with Crippen LogP contribution < -0.4 is 5.32 Å². The molecule has 1 aromatic rings. The Morgan fingerprint density at radius 3 is 2.41 bits per heavy atom. The fraction of sp³-hybridized carbons (Fsp3) is 0.500. The number of hydrogen-bond acceptors (Lipinski definition) is 3. The molecule has 0 aliphatic carbocycles. The van der Waals surface area contributed by atoms with E-state index in [-0.39, 0.29) is 5.54 Å². The highest BCUT2D eigenvalue weighted by molar-refractivity contribution is 6.00. The molecule has 0 saturated heterocycles. The molecule has 0 bridgehead atoms. The molecule has 1 heterocycles. The van der Waals surface area contributed by atoms with Crippen LogP contribution in [0, 0.1) is 0 Å². The van der Waals surface area contributed by atoms with Crippen molar-refractivity contribution in [1.29, 1.82) is 0 Å². The van der Waals surface area contributed by atoms with Crippen molar-refractivity contribution < 1.29 is 4.74 Å². The van der Waals surface area contributed by atoms with Gasteiger partial charge in [0.1, 0.15) is 6.61 Å². The number of para-hydroxylation sites is 1. The van der Waals surface area contributed by atoms with E-state index in [0.717, 1.165) is 17.1 Å². The van der Waals surface area contributed by atoms with Crippen molar-refractivity contribution >= 4 is 11.6 Å². The molecule has 3 nitrogen and oxygen atoms in total. The van der Waals surface area contributed by atoms with Crippen molar-refractivity contribution in [2.24, 2.45) is 4.99 Å². The number of hydrogen-bond donors (Lipinski definition) is 1. The van der Waals surface area contributed by atoms with E-state index in [2.05, 4.69) is 24.2 Å². The van der Waals surface area contributed by atoms with Gasteiger partial charge in [-0.25, -0.2) is 4.99 Å². The summed E-state index contributed by atoms with van der Waals surface area (Å²) in [5.41, 5.74) is 1.98. The van der Waals surface area contributed by atoms with Crippen molar-refractivity contribution in [1.82, 2.24) is 0 Å². The number of anilines is 1. The Kier molecular flexibility index (Phi) is 4.55. The smallest absolute Gasteiger partial charge is 0.218 e. The van der Waals surface area contributed by atoms with Gasteiger partial charge in [-0.15, -0.1) is 0 Å². The highest BCUT2D eigenvalue weighted by Crippen LogP contribution is 2.24. The lowest BCUT2D eigenvalue weighted by molar-refractivity contribution is 0.279. The highest BCUT2D eigenvalue weighted by Gasteiger charge is 2.27. The van der Waals surface area contributed by atoms with Crippen LogP contribution in [0.2, 0.25) is 0 Å². The van der Waals surface area contributed by atoms with E-state index in [0.29, 0.717) is 6.61 Å². The van der Waals surface area contributed by atoms with Crippen molar-refractivity contribution in [3.05, 3.63) is 29.8 Å². The first-order valence-electron chi connectivity index (χ1n) is 6.12. The Hall–Kier alpha value is -1.51. The lowest BCUT2D eigenvalue weighted by Gasteiger charge is -2.08. The maximum absolute atomic E-state index is 5.61. The van der Waals surface area contributed by atoms with E-state index in [9.17, 15) is 0 Å². The van der Waals surface area contributed by atoms with Crippen LogP contribution in [0.1, 0.15) is 33.3 Å². The van der Waals surface area contributed by atoms with Gasteiger partial charge in [-0.1, -0.05) is 26.0 Å². The van der Waals surface area contributed by atoms with Gasteiger partial charge in [-0.2, -0.15) is 0 Å². The molecule has 0 aromatic heterocycles. The van der Waals surface area contributed by atoms with E-state index in [1.807, 2.05) is 45.2 Å². The van der Waals surface area contributed by atoms with Gasteiger partial charge in [0, 0.05) is 12.7 Å². The second-order valence-electron chi connectivity index (χ2n) is 4.31. The van der Waals surface area contributed by atoms with Gasteiger partial charge in [0.05, 0.1) is 11.1 Å². The third-order valence-electron chi connectivity index (χ3n) is 2.39. The average Bonchev–Trinajstić information content (AvgIpc) is 2.72. The van der Waals surface area contributed by atoms with Gasteiger partial charge >= 0.3 is 0 Å². The van der Waals surface area contributed by atoms with Crippen LogP contribution in [0.5, 0.6) is 0 Å². The maximum atomic E-state index is 5.61. The first-order chi connectivity index (χ1) is 8.12. The van der Waals surface area contributed by atoms with Crippen molar-refractivity contribution in [2.75, 3.05) is 19.0 Å². The van der Waals surface area contributed by atoms with E-state index in [1.54, 1.807) is 0 Å². The minimum atomic E-state index is -0.101. The predicted octanol–water partition coefficient (Wildman–Crippen LogP) is 3.31. The molecule has 0 fully saturated rings. The molecule has 17 heavy (non-hydrogen) atoms. The van der Waals surface area contributed by atoms with E-state index in [4.69, 9.17) is 4.74 Å². The molecule has 1 aliphatic rings. The molecule has 0 spiro atoms. The molecule has 1 aromatic carbocycles. The number of nitrogens with one attached hydrogen (secondary N) is 1. The summed E-state index contributed by atoms with van der Waals surface area (Å²) in [7, 11) is 1.90. The van der Waals surface area contributed by atoms with Crippen LogP contribution in [0.25, 0.3) is 0 Å². The molecular weight excluding hydrogens is 212 g/mol. The SMILES string of the molecule is CC.CNc1ccccc1C1=NC(C)(C)CO1. The molecular formula is C14H22N2O. The predicted molar refractivity (Wildman–Crippen MR) is 73.9 cm³/mol. The maximum Gasteiger partial charge on any atom is 0.218 e. The number of rotatable bonds is 2. The Morgan fingerprint density at radius 2 is 1.88 bits per heavy atom. The molecule has 0 unspecified atom stereocenters. The number of ether oxygens (including phenoxy) is 1. The minimum Gasteiger partial charge on any atom is -0.475 e. The third kappa shape index (κ3) is 3.22. The number of aliphatic imine (C=N–C) groups is 1. The van der Waals surface area contributed by atoms with Gasteiger partial charge in [-0.3, -0.25) is 0 Å². The van der Waals surface area contributed by atoms with Crippen LogP contribution in [0.15, 0.2) is 29.3 Å². The van der Waals surface area contributed by atoms with Crippen LogP contribution >= 0.6 is 0 Å². The zero-order chi connectivity index (χ0) is 12.9. The van der Waals surface area contributed by atoms with Crippen molar-refractivity contribution in [2.45, 2.75) is 33.2 Å². The third-order valence-corrected chi connectivity index (χ3v) is 2.39. The number of nitrogens with zero attached hydrogens (tertiary/aromatic N) is 1. The zero-order valence-corrected chi connectivity index (χ0v) is 11.4. The van der Waals surface area contributed by atoms with Crippen molar-refractivity contribution in [3.8, 4) is 0 Å². The summed E-state index contributed by atoms with van der Waals surface area (Å²) in [4.78, 5) is 4.55. The highest BCUT2D eigenvalue weighted by atomic mass is 16.5. The minimum absolute atomic E-state index is 0.101.